The number of para-hydroxylation sites is 1. The van der Waals surface area contributed by atoms with Crippen molar-refractivity contribution in [1.82, 2.24) is 0 Å². The molecule has 0 aliphatic heterocycles. The fourth-order valence-electron chi connectivity index (χ4n) is 2.36. The van der Waals surface area contributed by atoms with E-state index in [1.807, 2.05) is 37.3 Å². The van der Waals surface area contributed by atoms with E-state index in [0.717, 1.165) is 11.3 Å². The van der Waals surface area contributed by atoms with E-state index in [1.54, 1.807) is 12.1 Å². The Kier molecular flexibility index (Phi) is 10.1. The molecule has 3 rings (SSSR count). The van der Waals surface area contributed by atoms with Gasteiger partial charge in [0, 0.05) is 17.1 Å². The number of nitrogen functional groups attached to an aromatic ring is 2. The summed E-state index contributed by atoms with van der Waals surface area (Å²) in [6.07, 6.45) is -5.83. The number of allylic oxidation sites excluding steroid dienone is 1. The van der Waals surface area contributed by atoms with Gasteiger partial charge in [0.05, 0.1) is 10.7 Å². The third-order valence-corrected chi connectivity index (χ3v) is 6.04. The smallest absolute Gasteiger partial charge is 0.399 e. The molecule has 3 unspecified atom stereocenters. The van der Waals surface area contributed by atoms with Gasteiger partial charge in [0.25, 0.3) is 0 Å². The summed E-state index contributed by atoms with van der Waals surface area (Å²) in [5, 5.41) is -1.82. The van der Waals surface area contributed by atoms with Crippen molar-refractivity contribution in [3.05, 3.63) is 70.0 Å². The van der Waals surface area contributed by atoms with Crippen LogP contribution in [0, 0.1) is 6.92 Å². The molecule has 0 bridgehead atoms. The highest BCUT2D eigenvalue weighted by Gasteiger charge is 2.60. The Morgan fingerprint density at radius 1 is 1.09 bits per heavy atom. The molecule has 2 aromatic rings. The second-order valence-corrected chi connectivity index (χ2v) is 9.72. The average molecular weight is 584 g/mol. The number of hydrogen-bond acceptors (Lipinski definition) is 3. The number of nitrogens with two attached hydrogens (primary N) is 3. The number of aryl methyl sites for hydroxylation is 1. The van der Waals surface area contributed by atoms with E-state index in [-0.39, 0.29) is 6.08 Å². The first-order chi connectivity index (χ1) is 14.5. The lowest BCUT2D eigenvalue weighted by Crippen LogP contribution is -2.53. The zero-order valence-electron chi connectivity index (χ0n) is 16.5. The molecule has 12 heteroatoms. The Bertz CT molecular complexity index is 919. The molecule has 32 heavy (non-hydrogen) atoms. The summed E-state index contributed by atoms with van der Waals surface area (Å²) < 4.78 is 60.9. The average Bonchev–Trinajstić information content (AvgIpc) is 2.64. The van der Waals surface area contributed by atoms with Crippen molar-refractivity contribution < 1.29 is 22.0 Å². The summed E-state index contributed by atoms with van der Waals surface area (Å²) in [5.41, 5.74) is 18.2. The van der Waals surface area contributed by atoms with Crippen LogP contribution in [0.5, 0.6) is 0 Å². The van der Waals surface area contributed by atoms with E-state index in [2.05, 4.69) is 15.9 Å². The summed E-state index contributed by atoms with van der Waals surface area (Å²) >= 11 is 18.7. The quantitative estimate of drug-likeness (QED) is 0.173. The van der Waals surface area contributed by atoms with E-state index in [9.17, 15) is 22.0 Å². The maximum Gasteiger partial charge on any atom is 0.407 e. The van der Waals surface area contributed by atoms with Crippen molar-refractivity contribution in [3.63, 3.8) is 0 Å². The van der Waals surface area contributed by atoms with Gasteiger partial charge in [-0.05, 0) is 42.8 Å². The maximum atomic E-state index is 13.4. The minimum atomic E-state index is -4.85. The van der Waals surface area contributed by atoms with Crippen molar-refractivity contribution >= 4 is 62.1 Å². The minimum Gasteiger partial charge on any atom is -0.399 e. The second kappa shape index (κ2) is 11.2. The maximum absolute atomic E-state index is 13.4. The summed E-state index contributed by atoms with van der Waals surface area (Å²) in [6.45, 7) is 1.87. The predicted octanol–water partition coefficient (Wildman–Crippen LogP) is 7.32. The van der Waals surface area contributed by atoms with Crippen molar-refractivity contribution in [3.8, 4) is 0 Å². The first-order valence-corrected chi connectivity index (χ1v) is 10.7. The number of benzene rings is 2. The van der Waals surface area contributed by atoms with Crippen molar-refractivity contribution in [2.24, 2.45) is 5.73 Å². The van der Waals surface area contributed by atoms with Crippen LogP contribution in [0.25, 0.3) is 0 Å². The molecular weight excluding hydrogens is 563 g/mol. The topological polar surface area (TPSA) is 78.1 Å². The molecule has 1 aliphatic carbocycles. The third-order valence-electron chi connectivity index (χ3n) is 4.18. The number of hydrogen-bond donors (Lipinski definition) is 3. The second-order valence-electron chi connectivity index (χ2n) is 6.83. The molecule has 178 valence electrons. The highest BCUT2D eigenvalue weighted by Crippen LogP contribution is 2.51. The van der Waals surface area contributed by atoms with Crippen molar-refractivity contribution in [2.45, 2.75) is 35.0 Å². The van der Waals surface area contributed by atoms with Crippen LogP contribution in [0.15, 0.2) is 54.4 Å². The summed E-state index contributed by atoms with van der Waals surface area (Å²) in [6, 6.07) is 11.0. The molecule has 3 atom stereocenters. The highest BCUT2D eigenvalue weighted by atomic mass is 79.9. The van der Waals surface area contributed by atoms with Gasteiger partial charge < -0.3 is 17.2 Å². The van der Waals surface area contributed by atoms with Crippen LogP contribution < -0.4 is 17.2 Å². The highest BCUT2D eigenvalue weighted by molar-refractivity contribution is 9.10. The summed E-state index contributed by atoms with van der Waals surface area (Å²) in [5.74, 6) is -1.42. The molecule has 1 aliphatic rings. The summed E-state index contributed by atoms with van der Waals surface area (Å²) in [7, 11) is 0. The summed E-state index contributed by atoms with van der Waals surface area (Å²) in [4.78, 5) is 0. The van der Waals surface area contributed by atoms with Crippen LogP contribution in [-0.2, 0) is 0 Å². The lowest BCUT2D eigenvalue weighted by molar-refractivity contribution is -0.154. The normalized spacial score (nSPS) is 25.0. The zero-order chi connectivity index (χ0) is 24.9. The third kappa shape index (κ3) is 7.95. The van der Waals surface area contributed by atoms with Gasteiger partial charge in [-0.1, -0.05) is 68.9 Å². The standard InChI is InChI=1S/C7H6BrClF5N.C7H7Cl2N.C6H7N/c8-5(7(12,13)14)1-3(10)4(15)6(9,11)2-5;1-4-2-5(8)3-6(9)7(4)10;7-6-4-2-1-3-5-6/h1,4H,2,15H2;2-3H,10H2,1H3;1-5H,7H2. The SMILES string of the molecule is Cc1cc(Cl)cc(Cl)c1N.NC1C(F)=CC(Br)(C(F)(F)F)CC1(F)Cl.Nc1ccccc1. The molecule has 3 nitrogen and oxygen atoms in total. The first kappa shape index (κ1) is 28.8. The Balaban J connectivity index is 0.000000259. The number of alkyl halides is 6. The van der Waals surface area contributed by atoms with Gasteiger partial charge >= 0.3 is 6.18 Å². The lowest BCUT2D eigenvalue weighted by atomic mass is 9.89. The van der Waals surface area contributed by atoms with Gasteiger partial charge in [0.15, 0.2) is 0 Å². The van der Waals surface area contributed by atoms with Crippen LogP contribution in [0.4, 0.5) is 33.3 Å². The molecule has 0 spiro atoms. The number of anilines is 2. The van der Waals surface area contributed by atoms with Gasteiger partial charge in [-0.2, -0.15) is 13.2 Å². The largest absolute Gasteiger partial charge is 0.407 e. The van der Waals surface area contributed by atoms with Gasteiger partial charge in [0.2, 0.25) is 5.13 Å². The minimum absolute atomic E-state index is 0.206. The number of rotatable bonds is 0. The van der Waals surface area contributed by atoms with E-state index >= 15 is 0 Å². The fraction of sp³-hybridized carbons (Fsp3) is 0.300. The molecule has 0 amide bonds. The molecule has 0 saturated heterocycles. The Morgan fingerprint density at radius 2 is 1.62 bits per heavy atom. The van der Waals surface area contributed by atoms with Gasteiger partial charge in [-0.3, -0.25) is 0 Å². The van der Waals surface area contributed by atoms with E-state index in [1.165, 1.54) is 0 Å². The molecular formula is C20H20BrCl3F5N3. The Hall–Kier alpha value is -1.26. The monoisotopic (exact) mass is 581 g/mol. The van der Waals surface area contributed by atoms with E-state index in [4.69, 9.17) is 52.0 Å². The van der Waals surface area contributed by atoms with Crippen LogP contribution in [0.2, 0.25) is 10.0 Å². The van der Waals surface area contributed by atoms with Gasteiger partial charge in [-0.15, -0.1) is 0 Å². The first-order valence-electron chi connectivity index (χ1n) is 8.79. The van der Waals surface area contributed by atoms with Crippen molar-refractivity contribution in [2.75, 3.05) is 11.5 Å². The number of halogens is 9. The molecule has 2 aromatic carbocycles. The molecule has 0 radical (unpaired) electrons. The Labute approximate surface area is 205 Å². The lowest BCUT2D eigenvalue weighted by Gasteiger charge is -2.38. The molecule has 0 aromatic heterocycles. The fourth-order valence-corrected chi connectivity index (χ4v) is 4.06. The van der Waals surface area contributed by atoms with Crippen LogP contribution in [-0.4, -0.2) is 21.7 Å². The molecule has 6 N–H and O–H groups in total. The Morgan fingerprint density at radius 3 is 2.00 bits per heavy atom. The van der Waals surface area contributed by atoms with Crippen molar-refractivity contribution in [1.29, 1.82) is 0 Å². The van der Waals surface area contributed by atoms with Crippen LogP contribution >= 0.6 is 50.7 Å². The van der Waals surface area contributed by atoms with Crippen LogP contribution in [0.1, 0.15) is 12.0 Å². The van der Waals surface area contributed by atoms with E-state index in [0.29, 0.717) is 15.7 Å². The van der Waals surface area contributed by atoms with E-state index < -0.39 is 33.9 Å². The molecule has 0 saturated carbocycles. The van der Waals surface area contributed by atoms with Crippen LogP contribution in [0.3, 0.4) is 0 Å². The predicted molar refractivity (Wildman–Crippen MR) is 126 cm³/mol. The molecule has 0 heterocycles. The van der Waals surface area contributed by atoms with Gasteiger partial charge in [0.1, 0.15) is 16.2 Å². The zero-order valence-corrected chi connectivity index (χ0v) is 20.4. The molecule has 0 fully saturated rings. The van der Waals surface area contributed by atoms with Gasteiger partial charge in [-0.25, -0.2) is 8.78 Å².